The monoisotopic (exact) mass is 310 g/mol. The SMILES string of the molecule is CC1CN(c2ccc(Br)cc2)CCN1C(C)(C)C. The van der Waals surface area contributed by atoms with E-state index in [0.29, 0.717) is 6.04 Å². The molecule has 0 spiro atoms. The zero-order chi connectivity index (χ0) is 13.3. The van der Waals surface area contributed by atoms with Gasteiger partial charge in [0.2, 0.25) is 0 Å². The number of hydrogen-bond acceptors (Lipinski definition) is 2. The molecule has 1 aromatic rings. The standard InChI is InChI=1S/C15H23BrN2/c1-12-11-17(9-10-18(12)15(2,3)4)14-7-5-13(16)6-8-14/h5-8,12H,9-11H2,1-4H3. The van der Waals surface area contributed by atoms with Gasteiger partial charge in [0, 0.05) is 41.4 Å². The van der Waals surface area contributed by atoms with Gasteiger partial charge in [0.15, 0.2) is 0 Å². The summed E-state index contributed by atoms with van der Waals surface area (Å²) in [5.74, 6) is 0. The third-order valence-electron chi connectivity index (χ3n) is 3.68. The molecule has 18 heavy (non-hydrogen) atoms. The average molecular weight is 311 g/mol. The Hall–Kier alpha value is -0.540. The molecular formula is C15H23BrN2. The number of nitrogens with zero attached hydrogens (tertiary/aromatic N) is 2. The Balaban J connectivity index is 2.06. The summed E-state index contributed by atoms with van der Waals surface area (Å²) in [5.41, 5.74) is 1.60. The van der Waals surface area contributed by atoms with Crippen LogP contribution in [0.5, 0.6) is 0 Å². The molecule has 2 rings (SSSR count). The fraction of sp³-hybridized carbons (Fsp3) is 0.600. The maximum atomic E-state index is 3.49. The number of anilines is 1. The van der Waals surface area contributed by atoms with Crippen LogP contribution >= 0.6 is 15.9 Å². The topological polar surface area (TPSA) is 6.48 Å². The average Bonchev–Trinajstić information content (AvgIpc) is 2.28. The molecule has 0 aromatic heterocycles. The van der Waals surface area contributed by atoms with Crippen LogP contribution in [0.3, 0.4) is 0 Å². The first kappa shape index (κ1) is 13.9. The second-order valence-corrected chi connectivity index (χ2v) is 7.05. The van der Waals surface area contributed by atoms with Gasteiger partial charge in [-0.05, 0) is 52.0 Å². The molecule has 0 aliphatic carbocycles. The smallest absolute Gasteiger partial charge is 0.0367 e. The number of piperazine rings is 1. The summed E-state index contributed by atoms with van der Waals surface area (Å²) in [7, 11) is 0. The second-order valence-electron chi connectivity index (χ2n) is 6.14. The summed E-state index contributed by atoms with van der Waals surface area (Å²) in [5, 5.41) is 0. The zero-order valence-corrected chi connectivity index (χ0v) is 13.4. The van der Waals surface area contributed by atoms with Gasteiger partial charge in [-0.2, -0.15) is 0 Å². The van der Waals surface area contributed by atoms with Gasteiger partial charge in [0.1, 0.15) is 0 Å². The predicted molar refractivity (Wildman–Crippen MR) is 82.3 cm³/mol. The molecule has 0 amide bonds. The van der Waals surface area contributed by atoms with E-state index in [1.165, 1.54) is 5.69 Å². The second kappa shape index (κ2) is 5.22. The summed E-state index contributed by atoms with van der Waals surface area (Å²) in [6.07, 6.45) is 0. The lowest BCUT2D eigenvalue weighted by Crippen LogP contribution is -2.58. The van der Waals surface area contributed by atoms with Crippen molar-refractivity contribution in [2.24, 2.45) is 0 Å². The van der Waals surface area contributed by atoms with Crippen LogP contribution in [0.1, 0.15) is 27.7 Å². The van der Waals surface area contributed by atoms with Gasteiger partial charge in [-0.1, -0.05) is 15.9 Å². The van der Waals surface area contributed by atoms with Gasteiger partial charge in [0.25, 0.3) is 0 Å². The van der Waals surface area contributed by atoms with Crippen molar-refractivity contribution in [1.29, 1.82) is 0 Å². The minimum atomic E-state index is 0.269. The Morgan fingerprint density at radius 1 is 1.11 bits per heavy atom. The van der Waals surface area contributed by atoms with Gasteiger partial charge in [-0.15, -0.1) is 0 Å². The van der Waals surface area contributed by atoms with Crippen LogP contribution in [0.15, 0.2) is 28.7 Å². The Kier molecular flexibility index (Phi) is 4.02. The molecule has 1 fully saturated rings. The van der Waals surface area contributed by atoms with Crippen LogP contribution in [0.4, 0.5) is 5.69 Å². The largest absolute Gasteiger partial charge is 0.369 e. The molecule has 1 aliphatic rings. The van der Waals surface area contributed by atoms with Crippen LogP contribution in [0.2, 0.25) is 0 Å². The van der Waals surface area contributed by atoms with Crippen molar-refractivity contribution < 1.29 is 0 Å². The quantitative estimate of drug-likeness (QED) is 0.779. The molecule has 3 heteroatoms. The zero-order valence-electron chi connectivity index (χ0n) is 11.8. The van der Waals surface area contributed by atoms with E-state index >= 15 is 0 Å². The van der Waals surface area contributed by atoms with Crippen molar-refractivity contribution in [3.8, 4) is 0 Å². The van der Waals surface area contributed by atoms with Crippen LogP contribution in [0.25, 0.3) is 0 Å². The summed E-state index contributed by atoms with van der Waals surface area (Å²) >= 11 is 3.49. The van der Waals surface area contributed by atoms with E-state index in [4.69, 9.17) is 0 Å². The van der Waals surface area contributed by atoms with E-state index in [2.05, 4.69) is 77.7 Å². The molecular weight excluding hydrogens is 288 g/mol. The highest BCUT2D eigenvalue weighted by Gasteiger charge is 2.31. The van der Waals surface area contributed by atoms with Crippen molar-refractivity contribution in [3.63, 3.8) is 0 Å². The van der Waals surface area contributed by atoms with Crippen molar-refractivity contribution in [1.82, 2.24) is 4.90 Å². The van der Waals surface area contributed by atoms with Crippen LogP contribution in [0, 0.1) is 0 Å². The maximum Gasteiger partial charge on any atom is 0.0367 e. The van der Waals surface area contributed by atoms with Gasteiger partial charge in [-0.3, -0.25) is 4.90 Å². The lowest BCUT2D eigenvalue weighted by molar-refractivity contribution is 0.0799. The lowest BCUT2D eigenvalue weighted by atomic mass is 10.0. The molecule has 1 heterocycles. The van der Waals surface area contributed by atoms with E-state index in [1.807, 2.05) is 0 Å². The summed E-state index contributed by atoms with van der Waals surface area (Å²) in [4.78, 5) is 5.09. The van der Waals surface area contributed by atoms with Crippen molar-refractivity contribution >= 4 is 21.6 Å². The maximum absolute atomic E-state index is 3.49. The third-order valence-corrected chi connectivity index (χ3v) is 4.21. The summed E-state index contributed by atoms with van der Waals surface area (Å²) in [6, 6.07) is 9.24. The Bertz CT molecular complexity index is 394. The first-order valence-corrected chi connectivity index (χ1v) is 7.44. The molecule has 100 valence electrons. The van der Waals surface area contributed by atoms with E-state index in [1.54, 1.807) is 0 Å². The molecule has 1 aromatic carbocycles. The third kappa shape index (κ3) is 3.07. The molecule has 0 saturated carbocycles. The van der Waals surface area contributed by atoms with Crippen LogP contribution in [-0.4, -0.2) is 36.1 Å². The molecule has 0 bridgehead atoms. The number of rotatable bonds is 1. The van der Waals surface area contributed by atoms with Gasteiger partial charge >= 0.3 is 0 Å². The van der Waals surface area contributed by atoms with Crippen molar-refractivity contribution in [2.75, 3.05) is 24.5 Å². The minimum absolute atomic E-state index is 0.269. The number of hydrogen-bond donors (Lipinski definition) is 0. The molecule has 0 radical (unpaired) electrons. The highest BCUT2D eigenvalue weighted by atomic mass is 79.9. The Labute approximate surface area is 119 Å². The summed E-state index contributed by atoms with van der Waals surface area (Å²) < 4.78 is 1.15. The molecule has 1 aliphatic heterocycles. The Morgan fingerprint density at radius 2 is 1.72 bits per heavy atom. The Morgan fingerprint density at radius 3 is 2.22 bits per heavy atom. The first-order valence-electron chi connectivity index (χ1n) is 6.65. The fourth-order valence-electron chi connectivity index (χ4n) is 2.84. The van der Waals surface area contributed by atoms with E-state index in [0.717, 1.165) is 24.1 Å². The van der Waals surface area contributed by atoms with E-state index in [-0.39, 0.29) is 5.54 Å². The van der Waals surface area contributed by atoms with Crippen molar-refractivity contribution in [2.45, 2.75) is 39.3 Å². The fourth-order valence-corrected chi connectivity index (χ4v) is 3.10. The van der Waals surface area contributed by atoms with Gasteiger partial charge in [-0.25, -0.2) is 0 Å². The lowest BCUT2D eigenvalue weighted by Gasteiger charge is -2.47. The van der Waals surface area contributed by atoms with E-state index in [9.17, 15) is 0 Å². The molecule has 1 unspecified atom stereocenters. The number of benzene rings is 1. The molecule has 0 N–H and O–H groups in total. The highest BCUT2D eigenvalue weighted by molar-refractivity contribution is 9.10. The normalized spacial score (nSPS) is 22.3. The summed E-state index contributed by atoms with van der Waals surface area (Å²) in [6.45, 7) is 12.6. The van der Waals surface area contributed by atoms with Gasteiger partial charge < -0.3 is 4.90 Å². The molecule has 1 saturated heterocycles. The van der Waals surface area contributed by atoms with Crippen LogP contribution in [-0.2, 0) is 0 Å². The predicted octanol–water partition coefficient (Wildman–Crippen LogP) is 3.76. The molecule has 1 atom stereocenters. The van der Waals surface area contributed by atoms with Crippen LogP contribution < -0.4 is 4.90 Å². The van der Waals surface area contributed by atoms with Crippen molar-refractivity contribution in [3.05, 3.63) is 28.7 Å². The minimum Gasteiger partial charge on any atom is -0.369 e. The van der Waals surface area contributed by atoms with Gasteiger partial charge in [0.05, 0.1) is 0 Å². The molecule has 2 nitrogen and oxygen atoms in total. The first-order chi connectivity index (χ1) is 8.38. The number of halogens is 1. The van der Waals surface area contributed by atoms with E-state index < -0.39 is 0 Å². The highest BCUT2D eigenvalue weighted by Crippen LogP contribution is 2.25.